The molecule has 0 unspecified atom stereocenters. The van der Waals surface area contributed by atoms with Gasteiger partial charge in [-0.1, -0.05) is 18.2 Å². The molecule has 0 bridgehead atoms. The van der Waals surface area contributed by atoms with Crippen molar-refractivity contribution < 1.29 is 9.90 Å². The number of aryl methyl sites for hydroxylation is 1. The Hall–Kier alpha value is -3.61. The Bertz CT molecular complexity index is 907. The van der Waals surface area contributed by atoms with Gasteiger partial charge in [-0.05, 0) is 42.8 Å². The molecule has 0 radical (unpaired) electrons. The average molecular weight is 335 g/mol. The third-order valence-corrected chi connectivity index (χ3v) is 3.56. The Labute approximate surface area is 144 Å². The molecule has 0 aliphatic carbocycles. The lowest BCUT2D eigenvalue weighted by atomic mass is 10.2. The van der Waals surface area contributed by atoms with E-state index in [-0.39, 0.29) is 5.75 Å². The SMILES string of the molecule is Cc1cccc(O)c1Nc1ccnc(Nc2cccc(C(N)=O)c2)n1. The summed E-state index contributed by atoms with van der Waals surface area (Å²) in [7, 11) is 0. The topological polar surface area (TPSA) is 113 Å². The van der Waals surface area contributed by atoms with Gasteiger partial charge in [-0.2, -0.15) is 4.98 Å². The second-order valence-corrected chi connectivity index (χ2v) is 5.43. The molecule has 0 spiro atoms. The number of aromatic hydroxyl groups is 1. The van der Waals surface area contributed by atoms with Gasteiger partial charge >= 0.3 is 0 Å². The lowest BCUT2D eigenvalue weighted by Gasteiger charge is -2.12. The van der Waals surface area contributed by atoms with Crippen molar-refractivity contribution in [1.82, 2.24) is 9.97 Å². The van der Waals surface area contributed by atoms with E-state index in [0.717, 1.165) is 5.56 Å². The zero-order valence-corrected chi connectivity index (χ0v) is 13.5. The molecule has 1 amide bonds. The van der Waals surface area contributed by atoms with Gasteiger partial charge in [-0.15, -0.1) is 0 Å². The molecule has 2 aromatic carbocycles. The van der Waals surface area contributed by atoms with Crippen molar-refractivity contribution >= 4 is 29.0 Å². The number of hydrogen-bond donors (Lipinski definition) is 4. The molecule has 0 saturated heterocycles. The number of hydrogen-bond acceptors (Lipinski definition) is 6. The molecule has 0 atom stereocenters. The van der Waals surface area contributed by atoms with Gasteiger partial charge in [-0.3, -0.25) is 4.79 Å². The van der Waals surface area contributed by atoms with Gasteiger partial charge in [0.15, 0.2) is 0 Å². The van der Waals surface area contributed by atoms with Crippen molar-refractivity contribution in [2.45, 2.75) is 6.92 Å². The lowest BCUT2D eigenvalue weighted by Crippen LogP contribution is -2.11. The number of para-hydroxylation sites is 1. The standard InChI is InChI=1S/C18H17N5O2/c1-11-4-2-7-14(24)16(11)22-15-8-9-20-18(23-15)21-13-6-3-5-12(10-13)17(19)25/h2-10,24H,1H3,(H2,19,25)(H2,20,21,22,23). The highest BCUT2D eigenvalue weighted by Crippen LogP contribution is 2.29. The fourth-order valence-corrected chi connectivity index (χ4v) is 2.31. The van der Waals surface area contributed by atoms with E-state index in [9.17, 15) is 9.90 Å². The van der Waals surface area contributed by atoms with Crippen LogP contribution in [-0.4, -0.2) is 21.0 Å². The molecule has 126 valence electrons. The number of amides is 1. The highest BCUT2D eigenvalue weighted by molar-refractivity contribution is 5.93. The van der Waals surface area contributed by atoms with Gasteiger partial charge in [0.2, 0.25) is 11.9 Å². The Kier molecular flexibility index (Phi) is 4.47. The van der Waals surface area contributed by atoms with Crippen LogP contribution in [0.2, 0.25) is 0 Å². The maximum absolute atomic E-state index is 11.3. The molecule has 0 aliphatic heterocycles. The van der Waals surface area contributed by atoms with Crippen molar-refractivity contribution in [1.29, 1.82) is 0 Å². The smallest absolute Gasteiger partial charge is 0.248 e. The zero-order valence-electron chi connectivity index (χ0n) is 13.5. The highest BCUT2D eigenvalue weighted by atomic mass is 16.3. The second kappa shape index (κ2) is 6.88. The predicted molar refractivity (Wildman–Crippen MR) is 96.4 cm³/mol. The maximum atomic E-state index is 11.3. The molecule has 25 heavy (non-hydrogen) atoms. The minimum absolute atomic E-state index is 0.141. The largest absolute Gasteiger partial charge is 0.506 e. The van der Waals surface area contributed by atoms with Crippen LogP contribution in [0.1, 0.15) is 15.9 Å². The van der Waals surface area contributed by atoms with Crippen LogP contribution in [0.4, 0.5) is 23.1 Å². The molecule has 0 fully saturated rings. The normalized spacial score (nSPS) is 10.3. The third-order valence-electron chi connectivity index (χ3n) is 3.56. The summed E-state index contributed by atoms with van der Waals surface area (Å²) in [5.74, 6) is 0.505. The molecule has 7 nitrogen and oxygen atoms in total. The number of carbonyl (C=O) groups excluding carboxylic acids is 1. The molecule has 3 aromatic rings. The summed E-state index contributed by atoms with van der Waals surface area (Å²) < 4.78 is 0. The Morgan fingerprint density at radius 2 is 1.92 bits per heavy atom. The number of benzene rings is 2. The van der Waals surface area contributed by atoms with Crippen LogP contribution in [0, 0.1) is 6.92 Å². The number of nitrogens with zero attached hydrogens (tertiary/aromatic N) is 2. The van der Waals surface area contributed by atoms with Crippen LogP contribution in [0.3, 0.4) is 0 Å². The first-order valence-electron chi connectivity index (χ1n) is 7.58. The predicted octanol–water partition coefficient (Wildman–Crippen LogP) is 3.08. The van der Waals surface area contributed by atoms with Crippen LogP contribution in [-0.2, 0) is 0 Å². The summed E-state index contributed by atoms with van der Waals surface area (Å²) in [6, 6.07) is 13.7. The van der Waals surface area contributed by atoms with Crippen molar-refractivity contribution in [3.8, 4) is 5.75 Å². The number of primary amides is 1. The zero-order chi connectivity index (χ0) is 17.8. The minimum Gasteiger partial charge on any atom is -0.506 e. The van der Waals surface area contributed by atoms with Crippen LogP contribution in [0.25, 0.3) is 0 Å². The van der Waals surface area contributed by atoms with E-state index in [1.807, 2.05) is 13.0 Å². The minimum atomic E-state index is -0.505. The summed E-state index contributed by atoms with van der Waals surface area (Å²) in [6.45, 7) is 1.89. The van der Waals surface area contributed by atoms with Gasteiger partial charge in [0.1, 0.15) is 11.6 Å². The average Bonchev–Trinajstić information content (AvgIpc) is 2.59. The summed E-state index contributed by atoms with van der Waals surface area (Å²) in [4.78, 5) is 19.8. The molecule has 5 N–H and O–H groups in total. The van der Waals surface area contributed by atoms with Gasteiger partial charge < -0.3 is 21.5 Å². The van der Waals surface area contributed by atoms with Gasteiger partial charge in [0.25, 0.3) is 0 Å². The van der Waals surface area contributed by atoms with E-state index in [1.54, 1.807) is 48.7 Å². The van der Waals surface area contributed by atoms with Crippen LogP contribution < -0.4 is 16.4 Å². The van der Waals surface area contributed by atoms with E-state index in [2.05, 4.69) is 20.6 Å². The Balaban J connectivity index is 1.82. The van der Waals surface area contributed by atoms with Gasteiger partial charge in [0.05, 0.1) is 5.69 Å². The molecular weight excluding hydrogens is 318 g/mol. The van der Waals surface area contributed by atoms with E-state index in [1.165, 1.54) is 0 Å². The number of aromatic nitrogens is 2. The van der Waals surface area contributed by atoms with E-state index in [0.29, 0.717) is 28.7 Å². The first-order chi connectivity index (χ1) is 12.0. The molecule has 7 heteroatoms. The molecule has 0 aliphatic rings. The van der Waals surface area contributed by atoms with E-state index < -0.39 is 5.91 Å². The number of anilines is 4. The molecule has 1 aromatic heterocycles. The van der Waals surface area contributed by atoms with Crippen molar-refractivity contribution in [2.24, 2.45) is 5.73 Å². The monoisotopic (exact) mass is 335 g/mol. The van der Waals surface area contributed by atoms with Crippen molar-refractivity contribution in [2.75, 3.05) is 10.6 Å². The summed E-state index contributed by atoms with van der Waals surface area (Å²) in [5.41, 5.74) is 7.80. The van der Waals surface area contributed by atoms with Crippen molar-refractivity contribution in [3.05, 3.63) is 65.9 Å². The van der Waals surface area contributed by atoms with E-state index in [4.69, 9.17) is 5.73 Å². The number of phenols is 1. The maximum Gasteiger partial charge on any atom is 0.248 e. The number of nitrogens with two attached hydrogens (primary N) is 1. The third kappa shape index (κ3) is 3.84. The second-order valence-electron chi connectivity index (χ2n) is 5.43. The lowest BCUT2D eigenvalue weighted by molar-refractivity contribution is 0.100. The number of rotatable bonds is 5. The van der Waals surface area contributed by atoms with Crippen LogP contribution >= 0.6 is 0 Å². The number of nitrogens with one attached hydrogen (secondary N) is 2. The fourth-order valence-electron chi connectivity index (χ4n) is 2.31. The van der Waals surface area contributed by atoms with Gasteiger partial charge in [0, 0.05) is 17.4 Å². The number of carbonyl (C=O) groups is 1. The van der Waals surface area contributed by atoms with Gasteiger partial charge in [-0.25, -0.2) is 4.98 Å². The fraction of sp³-hybridized carbons (Fsp3) is 0.0556. The Morgan fingerprint density at radius 3 is 2.68 bits per heavy atom. The van der Waals surface area contributed by atoms with Crippen LogP contribution in [0.15, 0.2) is 54.7 Å². The summed E-state index contributed by atoms with van der Waals surface area (Å²) in [5, 5.41) is 16.1. The quantitative estimate of drug-likeness (QED) is 0.533. The van der Waals surface area contributed by atoms with Crippen LogP contribution in [0.5, 0.6) is 5.75 Å². The highest BCUT2D eigenvalue weighted by Gasteiger charge is 2.07. The summed E-state index contributed by atoms with van der Waals surface area (Å²) in [6.07, 6.45) is 1.59. The molecule has 1 heterocycles. The summed E-state index contributed by atoms with van der Waals surface area (Å²) >= 11 is 0. The molecule has 3 rings (SSSR count). The van der Waals surface area contributed by atoms with E-state index >= 15 is 0 Å². The Morgan fingerprint density at radius 1 is 1.12 bits per heavy atom. The molecular formula is C18H17N5O2. The first-order valence-corrected chi connectivity index (χ1v) is 7.58. The van der Waals surface area contributed by atoms with Crippen molar-refractivity contribution in [3.63, 3.8) is 0 Å². The number of phenolic OH excluding ortho intramolecular Hbond substituents is 1. The first kappa shape index (κ1) is 16.3. The molecule has 0 saturated carbocycles.